The third kappa shape index (κ3) is 4.04. The van der Waals surface area contributed by atoms with Crippen LogP contribution in [0.25, 0.3) is 11.0 Å². The molecular formula is C20H32N6O. The van der Waals surface area contributed by atoms with Gasteiger partial charge in [-0.3, -0.25) is 0 Å². The maximum absolute atomic E-state index is 5.48. The summed E-state index contributed by atoms with van der Waals surface area (Å²) in [4.78, 5) is 15.3. The van der Waals surface area contributed by atoms with Crippen LogP contribution in [-0.2, 0) is 4.74 Å². The number of aromatic amines is 1. The fourth-order valence-corrected chi connectivity index (χ4v) is 4.76. The lowest BCUT2D eigenvalue weighted by Crippen LogP contribution is -2.60. The summed E-state index contributed by atoms with van der Waals surface area (Å²) in [5.74, 6) is 1.71. The summed E-state index contributed by atoms with van der Waals surface area (Å²) in [5, 5.41) is 8.58. The molecule has 0 aliphatic carbocycles. The Hall–Kier alpha value is -1.86. The number of rotatable bonds is 3. The van der Waals surface area contributed by atoms with E-state index >= 15 is 0 Å². The van der Waals surface area contributed by atoms with Gasteiger partial charge in [0.25, 0.3) is 0 Å². The Kier molecular flexibility index (Phi) is 4.55. The highest BCUT2D eigenvalue weighted by Crippen LogP contribution is 2.32. The van der Waals surface area contributed by atoms with E-state index in [4.69, 9.17) is 14.7 Å². The van der Waals surface area contributed by atoms with Crippen molar-refractivity contribution in [3.8, 4) is 0 Å². The summed E-state index contributed by atoms with van der Waals surface area (Å²) in [6.45, 7) is 14.3. The molecule has 0 bridgehead atoms. The molecule has 0 unspecified atom stereocenters. The molecule has 27 heavy (non-hydrogen) atoms. The van der Waals surface area contributed by atoms with Crippen molar-refractivity contribution in [3.05, 3.63) is 11.8 Å². The van der Waals surface area contributed by atoms with E-state index in [9.17, 15) is 0 Å². The average Bonchev–Trinajstić information content (AvgIpc) is 2.93. The number of nitrogens with zero attached hydrogens (tertiary/aromatic N) is 3. The van der Waals surface area contributed by atoms with E-state index < -0.39 is 0 Å². The Morgan fingerprint density at radius 1 is 1.11 bits per heavy atom. The van der Waals surface area contributed by atoms with Crippen LogP contribution in [0.4, 0.5) is 11.8 Å². The molecule has 2 aromatic rings. The van der Waals surface area contributed by atoms with Gasteiger partial charge >= 0.3 is 0 Å². The molecule has 0 aromatic carbocycles. The van der Waals surface area contributed by atoms with Gasteiger partial charge in [0.15, 0.2) is 0 Å². The molecule has 4 rings (SSSR count). The number of nitrogens with one attached hydrogen (secondary N) is 3. The minimum Gasteiger partial charge on any atom is -0.378 e. The predicted octanol–water partition coefficient (Wildman–Crippen LogP) is 2.82. The monoisotopic (exact) mass is 372 g/mol. The van der Waals surface area contributed by atoms with Gasteiger partial charge in [0.1, 0.15) is 11.5 Å². The largest absolute Gasteiger partial charge is 0.378 e. The predicted molar refractivity (Wildman–Crippen MR) is 110 cm³/mol. The van der Waals surface area contributed by atoms with Gasteiger partial charge in [-0.25, -0.2) is 0 Å². The van der Waals surface area contributed by atoms with Crippen molar-refractivity contribution >= 4 is 22.8 Å². The molecule has 0 radical (unpaired) electrons. The van der Waals surface area contributed by atoms with Crippen LogP contribution in [0.15, 0.2) is 6.07 Å². The molecule has 2 saturated heterocycles. The van der Waals surface area contributed by atoms with Gasteiger partial charge in [0.05, 0.1) is 18.6 Å². The van der Waals surface area contributed by atoms with Crippen LogP contribution in [0.3, 0.4) is 0 Å². The number of aromatic nitrogens is 3. The summed E-state index contributed by atoms with van der Waals surface area (Å²) in [6.07, 6.45) is 2.11. The number of hydrogen-bond donors (Lipinski definition) is 3. The average molecular weight is 373 g/mol. The number of H-pyrrole nitrogens is 1. The number of piperidine rings is 1. The number of morpholine rings is 1. The first kappa shape index (κ1) is 18.5. The summed E-state index contributed by atoms with van der Waals surface area (Å²) in [6, 6.07) is 2.50. The molecular weight excluding hydrogens is 340 g/mol. The quantitative estimate of drug-likeness (QED) is 0.769. The molecule has 148 valence electrons. The number of anilines is 2. The smallest absolute Gasteiger partial charge is 0.229 e. The third-order valence-electron chi connectivity index (χ3n) is 5.44. The van der Waals surface area contributed by atoms with Crippen molar-refractivity contribution < 1.29 is 4.74 Å². The molecule has 2 fully saturated rings. The second-order valence-corrected chi connectivity index (χ2v) is 9.33. The maximum atomic E-state index is 5.48. The van der Waals surface area contributed by atoms with Crippen molar-refractivity contribution in [2.24, 2.45) is 0 Å². The van der Waals surface area contributed by atoms with Crippen LogP contribution in [0, 0.1) is 6.92 Å². The first-order valence-corrected chi connectivity index (χ1v) is 9.97. The molecule has 4 heterocycles. The molecule has 0 spiro atoms. The summed E-state index contributed by atoms with van der Waals surface area (Å²) < 4.78 is 5.48. The second-order valence-electron chi connectivity index (χ2n) is 9.33. The first-order chi connectivity index (χ1) is 12.7. The molecule has 0 atom stereocenters. The van der Waals surface area contributed by atoms with E-state index in [1.165, 1.54) is 0 Å². The van der Waals surface area contributed by atoms with E-state index in [1.54, 1.807) is 0 Å². The molecule has 2 aromatic heterocycles. The molecule has 2 aliphatic heterocycles. The molecule has 0 amide bonds. The minimum atomic E-state index is 0.0899. The van der Waals surface area contributed by atoms with Gasteiger partial charge < -0.3 is 25.3 Å². The van der Waals surface area contributed by atoms with Crippen molar-refractivity contribution in [1.82, 2.24) is 20.3 Å². The zero-order valence-electron chi connectivity index (χ0n) is 17.1. The maximum Gasteiger partial charge on any atom is 0.229 e. The Bertz CT molecular complexity index is 805. The molecule has 0 saturated carbocycles. The number of ether oxygens (including phenoxy) is 1. The normalized spacial score (nSPS) is 22.9. The lowest BCUT2D eigenvalue weighted by atomic mass is 9.79. The van der Waals surface area contributed by atoms with Gasteiger partial charge in [0.2, 0.25) is 5.95 Å². The van der Waals surface area contributed by atoms with Gasteiger partial charge in [0, 0.05) is 35.9 Å². The van der Waals surface area contributed by atoms with Crippen LogP contribution in [0.1, 0.15) is 46.2 Å². The van der Waals surface area contributed by atoms with Crippen molar-refractivity contribution in [2.75, 3.05) is 36.5 Å². The van der Waals surface area contributed by atoms with Gasteiger partial charge in [-0.2, -0.15) is 9.97 Å². The molecule has 7 nitrogen and oxygen atoms in total. The van der Waals surface area contributed by atoms with E-state index in [0.29, 0.717) is 6.04 Å². The number of aryl methyl sites for hydroxylation is 1. The van der Waals surface area contributed by atoms with Gasteiger partial charge in [-0.1, -0.05) is 0 Å². The highest BCUT2D eigenvalue weighted by atomic mass is 16.5. The Labute approximate surface area is 161 Å². The molecule has 7 heteroatoms. The zero-order chi connectivity index (χ0) is 19.2. The van der Waals surface area contributed by atoms with Crippen molar-refractivity contribution in [1.29, 1.82) is 0 Å². The third-order valence-corrected chi connectivity index (χ3v) is 5.44. The van der Waals surface area contributed by atoms with E-state index in [-0.39, 0.29) is 11.1 Å². The van der Waals surface area contributed by atoms with Crippen LogP contribution in [-0.4, -0.2) is 58.4 Å². The highest BCUT2D eigenvalue weighted by Gasteiger charge is 2.38. The lowest BCUT2D eigenvalue weighted by molar-refractivity contribution is 0.122. The van der Waals surface area contributed by atoms with E-state index in [2.05, 4.69) is 61.2 Å². The Morgan fingerprint density at radius 3 is 2.44 bits per heavy atom. The molecule has 3 N–H and O–H groups in total. The molecule has 2 aliphatic rings. The van der Waals surface area contributed by atoms with E-state index in [0.717, 1.165) is 67.6 Å². The minimum absolute atomic E-state index is 0.0899. The fraction of sp³-hybridized carbons (Fsp3) is 0.700. The Balaban J connectivity index is 1.67. The van der Waals surface area contributed by atoms with Crippen LogP contribution < -0.4 is 15.5 Å². The van der Waals surface area contributed by atoms with E-state index in [1.807, 2.05) is 0 Å². The summed E-state index contributed by atoms with van der Waals surface area (Å²) in [7, 11) is 0. The van der Waals surface area contributed by atoms with Crippen molar-refractivity contribution in [3.63, 3.8) is 0 Å². The van der Waals surface area contributed by atoms with Crippen LogP contribution >= 0.6 is 0 Å². The summed E-state index contributed by atoms with van der Waals surface area (Å²) >= 11 is 0. The number of hydrogen-bond acceptors (Lipinski definition) is 6. The van der Waals surface area contributed by atoms with Gasteiger partial charge in [-0.05, 0) is 53.5 Å². The zero-order valence-corrected chi connectivity index (χ0v) is 17.1. The van der Waals surface area contributed by atoms with Gasteiger partial charge in [-0.15, -0.1) is 0 Å². The topological polar surface area (TPSA) is 78.1 Å². The Morgan fingerprint density at radius 2 is 1.78 bits per heavy atom. The number of fused-ring (bicyclic) bond motifs is 1. The highest BCUT2D eigenvalue weighted by molar-refractivity contribution is 5.89. The summed E-state index contributed by atoms with van der Waals surface area (Å²) in [5.41, 5.74) is 2.19. The second kappa shape index (κ2) is 6.63. The first-order valence-electron chi connectivity index (χ1n) is 9.97. The van der Waals surface area contributed by atoms with Crippen LogP contribution in [0.2, 0.25) is 0 Å². The standard InChI is InChI=1S/C20H32N6O/c1-13-10-15-16(21-13)23-18(26-6-8-27-9-7-26)24-17(15)22-14-11-19(2,3)25-20(4,5)12-14/h10,14,25H,6-9,11-12H2,1-5H3,(H2,21,22,23,24). The van der Waals surface area contributed by atoms with Crippen molar-refractivity contribution in [2.45, 2.75) is 64.6 Å². The van der Waals surface area contributed by atoms with Crippen LogP contribution in [0.5, 0.6) is 0 Å². The fourth-order valence-electron chi connectivity index (χ4n) is 4.76. The SMILES string of the molecule is Cc1cc2c(NC3CC(C)(C)NC(C)(C)C3)nc(N3CCOCC3)nc2[nH]1. The lowest BCUT2D eigenvalue weighted by Gasteiger charge is -2.46.